The molecule has 0 heterocycles. The van der Waals surface area contributed by atoms with Crippen LogP contribution in [0.4, 0.5) is 0 Å². The van der Waals surface area contributed by atoms with Crippen LogP contribution in [-0.4, -0.2) is 17.5 Å². The Morgan fingerprint density at radius 3 is 2.19 bits per heavy atom. The molecule has 0 aromatic heterocycles. The number of hydrogen-bond donors (Lipinski definition) is 2. The Bertz CT molecular complexity index is 403. The molecule has 0 radical (unpaired) electrons. The zero-order valence-electron chi connectivity index (χ0n) is 9.57. The molecule has 1 atom stereocenters. The Morgan fingerprint density at radius 1 is 1.31 bits per heavy atom. The largest absolute Gasteiger partial charge is 0.479 e. The van der Waals surface area contributed by atoms with Crippen molar-refractivity contribution in [3.8, 4) is 0 Å². The first kappa shape index (κ1) is 12.2. The first-order valence-electron chi connectivity index (χ1n) is 4.97. The molecule has 0 saturated heterocycles. The molecule has 0 fully saturated rings. The van der Waals surface area contributed by atoms with Gasteiger partial charge in [-0.2, -0.15) is 0 Å². The second-order valence-corrected chi connectivity index (χ2v) is 3.87. The Labute approximate surface area is 94.3 Å². The van der Waals surface area contributed by atoms with Gasteiger partial charge in [-0.1, -0.05) is 17.7 Å². The lowest BCUT2D eigenvalue weighted by atomic mass is 9.94. The van der Waals surface area contributed by atoms with E-state index < -0.39 is 12.0 Å². The lowest BCUT2D eigenvalue weighted by molar-refractivity contribution is -0.140. The van der Waals surface area contributed by atoms with Gasteiger partial charge in [0.05, 0.1) is 0 Å². The number of carboxylic acids is 1. The highest BCUT2D eigenvalue weighted by Crippen LogP contribution is 2.23. The van der Waals surface area contributed by atoms with Crippen LogP contribution in [0.3, 0.4) is 0 Å². The molecule has 1 rings (SSSR count). The quantitative estimate of drug-likeness (QED) is 0.757. The van der Waals surface area contributed by atoms with Gasteiger partial charge >= 0.3 is 5.97 Å². The van der Waals surface area contributed by atoms with E-state index in [9.17, 15) is 9.59 Å². The third kappa shape index (κ3) is 2.39. The third-order valence-corrected chi connectivity index (χ3v) is 2.51. The van der Waals surface area contributed by atoms with Crippen LogP contribution in [0.1, 0.15) is 28.3 Å². The average molecular weight is 221 g/mol. The highest BCUT2D eigenvalue weighted by Gasteiger charge is 2.22. The summed E-state index contributed by atoms with van der Waals surface area (Å²) in [6.07, 6.45) is 0.414. The number of carboxylic acid groups (broad SMARTS) is 1. The molecule has 16 heavy (non-hydrogen) atoms. The van der Waals surface area contributed by atoms with Crippen molar-refractivity contribution >= 4 is 12.4 Å². The summed E-state index contributed by atoms with van der Waals surface area (Å²) in [4.78, 5) is 21.5. The first-order chi connectivity index (χ1) is 7.47. The van der Waals surface area contributed by atoms with Crippen LogP contribution in [0, 0.1) is 20.8 Å². The zero-order valence-corrected chi connectivity index (χ0v) is 9.57. The van der Waals surface area contributed by atoms with Crippen molar-refractivity contribution in [1.82, 2.24) is 5.32 Å². The second-order valence-electron chi connectivity index (χ2n) is 3.87. The summed E-state index contributed by atoms with van der Waals surface area (Å²) in [7, 11) is 0. The Kier molecular flexibility index (Phi) is 3.66. The molecule has 0 aliphatic carbocycles. The van der Waals surface area contributed by atoms with Crippen molar-refractivity contribution < 1.29 is 14.7 Å². The van der Waals surface area contributed by atoms with Gasteiger partial charge in [0, 0.05) is 0 Å². The van der Waals surface area contributed by atoms with Crippen molar-refractivity contribution in [2.24, 2.45) is 0 Å². The third-order valence-electron chi connectivity index (χ3n) is 2.51. The monoisotopic (exact) mass is 221 g/mol. The van der Waals surface area contributed by atoms with Gasteiger partial charge in [0.15, 0.2) is 6.04 Å². The minimum atomic E-state index is -1.05. The van der Waals surface area contributed by atoms with Crippen LogP contribution in [0.15, 0.2) is 12.1 Å². The van der Waals surface area contributed by atoms with Crippen molar-refractivity contribution in [3.63, 3.8) is 0 Å². The van der Waals surface area contributed by atoms with E-state index in [1.807, 2.05) is 32.9 Å². The molecule has 2 N–H and O–H groups in total. The van der Waals surface area contributed by atoms with Crippen molar-refractivity contribution in [1.29, 1.82) is 0 Å². The molecule has 4 heteroatoms. The van der Waals surface area contributed by atoms with E-state index in [4.69, 9.17) is 5.11 Å². The number of aryl methyl sites for hydroxylation is 3. The lowest BCUT2D eigenvalue weighted by Gasteiger charge is -2.17. The minimum Gasteiger partial charge on any atom is -0.479 e. The fourth-order valence-corrected chi connectivity index (χ4v) is 1.99. The van der Waals surface area contributed by atoms with E-state index in [0.717, 1.165) is 16.7 Å². The van der Waals surface area contributed by atoms with E-state index in [0.29, 0.717) is 12.0 Å². The molecule has 86 valence electrons. The molecule has 0 spiro atoms. The zero-order chi connectivity index (χ0) is 12.3. The highest BCUT2D eigenvalue weighted by atomic mass is 16.4. The van der Waals surface area contributed by atoms with Crippen LogP contribution >= 0.6 is 0 Å². The molecule has 0 aliphatic rings. The number of rotatable bonds is 4. The second kappa shape index (κ2) is 4.79. The summed E-state index contributed by atoms with van der Waals surface area (Å²) in [6, 6.07) is 2.84. The Hall–Kier alpha value is -1.84. The normalized spacial score (nSPS) is 11.9. The van der Waals surface area contributed by atoms with Gasteiger partial charge in [-0.25, -0.2) is 4.79 Å². The molecular formula is C12H15NO3. The number of carbonyl (C=O) groups excluding carboxylic acids is 1. The molecule has 0 saturated carbocycles. The van der Waals surface area contributed by atoms with Crippen LogP contribution in [-0.2, 0) is 9.59 Å². The summed E-state index contributed by atoms with van der Waals surface area (Å²) in [5, 5.41) is 11.4. The summed E-state index contributed by atoms with van der Waals surface area (Å²) >= 11 is 0. The number of nitrogens with one attached hydrogen (secondary N) is 1. The van der Waals surface area contributed by atoms with Crippen LogP contribution in [0.5, 0.6) is 0 Å². The van der Waals surface area contributed by atoms with Crippen LogP contribution < -0.4 is 5.32 Å². The smallest absolute Gasteiger partial charge is 0.330 e. The summed E-state index contributed by atoms with van der Waals surface area (Å²) in [6.45, 7) is 5.64. The fraction of sp³-hybridized carbons (Fsp3) is 0.333. The first-order valence-corrected chi connectivity index (χ1v) is 4.97. The molecule has 0 bridgehead atoms. The van der Waals surface area contributed by atoms with Crippen LogP contribution in [0.25, 0.3) is 0 Å². The lowest BCUT2D eigenvalue weighted by Crippen LogP contribution is -2.28. The summed E-state index contributed by atoms with van der Waals surface area (Å²) in [5.74, 6) is -1.05. The van der Waals surface area contributed by atoms with Gasteiger partial charge in [-0.15, -0.1) is 0 Å². The molecule has 4 nitrogen and oxygen atoms in total. The average Bonchev–Trinajstić information content (AvgIpc) is 2.14. The summed E-state index contributed by atoms with van der Waals surface area (Å²) < 4.78 is 0. The van der Waals surface area contributed by atoms with Crippen LogP contribution in [0.2, 0.25) is 0 Å². The maximum absolute atomic E-state index is 11.1. The maximum atomic E-state index is 11.1. The van der Waals surface area contributed by atoms with E-state index in [1.54, 1.807) is 0 Å². The molecule has 1 aromatic carbocycles. The standard InChI is InChI=1S/C12H15NO3/c1-7-4-8(2)10(9(3)5-7)11(12(15)16)13-6-14/h4-6,11H,1-3H3,(H,13,14)(H,15,16). The number of amides is 1. The Morgan fingerprint density at radius 2 is 1.81 bits per heavy atom. The number of benzene rings is 1. The van der Waals surface area contributed by atoms with Gasteiger partial charge < -0.3 is 10.4 Å². The van der Waals surface area contributed by atoms with E-state index in [2.05, 4.69) is 5.32 Å². The molecular weight excluding hydrogens is 206 g/mol. The SMILES string of the molecule is Cc1cc(C)c(C(NC=O)C(=O)O)c(C)c1. The van der Waals surface area contributed by atoms with Gasteiger partial charge in [0.2, 0.25) is 6.41 Å². The number of carbonyl (C=O) groups is 2. The van der Waals surface area contributed by atoms with Crippen molar-refractivity contribution in [2.75, 3.05) is 0 Å². The minimum absolute atomic E-state index is 0.414. The Balaban J connectivity index is 3.28. The van der Waals surface area contributed by atoms with Gasteiger partial charge in [0.25, 0.3) is 0 Å². The summed E-state index contributed by atoms with van der Waals surface area (Å²) in [5.41, 5.74) is 3.48. The molecule has 1 amide bonds. The van der Waals surface area contributed by atoms with E-state index in [-0.39, 0.29) is 0 Å². The number of aliphatic carboxylic acids is 1. The fourth-order valence-electron chi connectivity index (χ4n) is 1.99. The van der Waals surface area contributed by atoms with Crippen molar-refractivity contribution in [3.05, 3.63) is 34.4 Å². The molecule has 0 aliphatic heterocycles. The van der Waals surface area contributed by atoms with E-state index >= 15 is 0 Å². The highest BCUT2D eigenvalue weighted by molar-refractivity contribution is 5.79. The van der Waals surface area contributed by atoms with E-state index in [1.165, 1.54) is 0 Å². The molecule has 1 aromatic rings. The predicted octanol–water partition coefficient (Wildman–Crippen LogP) is 1.48. The molecule has 1 unspecified atom stereocenters. The van der Waals surface area contributed by atoms with Gasteiger partial charge in [-0.05, 0) is 37.5 Å². The number of hydrogen-bond acceptors (Lipinski definition) is 2. The van der Waals surface area contributed by atoms with Gasteiger partial charge in [-0.3, -0.25) is 4.79 Å². The predicted molar refractivity (Wildman–Crippen MR) is 60.2 cm³/mol. The van der Waals surface area contributed by atoms with Crippen molar-refractivity contribution in [2.45, 2.75) is 26.8 Å². The maximum Gasteiger partial charge on any atom is 0.330 e. The topological polar surface area (TPSA) is 66.4 Å². The van der Waals surface area contributed by atoms with Gasteiger partial charge in [0.1, 0.15) is 0 Å².